The molecule has 1 saturated heterocycles. The van der Waals surface area contributed by atoms with Crippen molar-refractivity contribution in [3.8, 4) is 6.07 Å². The first kappa shape index (κ1) is 17.9. The Morgan fingerprint density at radius 2 is 2.00 bits per heavy atom. The molecule has 1 aliphatic heterocycles. The van der Waals surface area contributed by atoms with Crippen LogP contribution >= 0.6 is 0 Å². The summed E-state index contributed by atoms with van der Waals surface area (Å²) in [4.78, 5) is 13.8. The van der Waals surface area contributed by atoms with Crippen LogP contribution in [0.25, 0.3) is 0 Å². The summed E-state index contributed by atoms with van der Waals surface area (Å²) in [6.45, 7) is 8.82. The van der Waals surface area contributed by atoms with Crippen LogP contribution in [-0.4, -0.2) is 35.7 Å². The second kappa shape index (κ2) is 7.00. The first-order valence-corrected chi connectivity index (χ1v) is 8.24. The van der Waals surface area contributed by atoms with Crippen LogP contribution < -0.4 is 11.1 Å². The van der Waals surface area contributed by atoms with Crippen LogP contribution in [0.1, 0.15) is 44.7 Å². The Labute approximate surface area is 143 Å². The minimum absolute atomic E-state index is 0.248. The summed E-state index contributed by atoms with van der Waals surface area (Å²) < 4.78 is 5.41. The fourth-order valence-electron chi connectivity index (χ4n) is 2.72. The Balaban J connectivity index is 1.93. The largest absolute Gasteiger partial charge is 0.444 e. The van der Waals surface area contributed by atoms with Crippen LogP contribution in [0.4, 0.5) is 16.2 Å². The fraction of sp³-hybridized carbons (Fsp3) is 0.556. The third-order valence-electron chi connectivity index (χ3n) is 4.02. The summed E-state index contributed by atoms with van der Waals surface area (Å²) >= 11 is 0. The molecule has 24 heavy (non-hydrogen) atoms. The third kappa shape index (κ3) is 4.54. The van der Waals surface area contributed by atoms with Gasteiger partial charge in [0.2, 0.25) is 0 Å². The van der Waals surface area contributed by atoms with Crippen LogP contribution in [0.15, 0.2) is 12.1 Å². The van der Waals surface area contributed by atoms with Crippen LogP contribution in [-0.2, 0) is 4.74 Å². The molecule has 2 rings (SSSR count). The molecule has 3 N–H and O–H groups in total. The molecular formula is C18H26N4O2. The molecule has 0 radical (unpaired) electrons. The minimum atomic E-state index is -0.472. The number of nitrogens with zero attached hydrogens (tertiary/aromatic N) is 2. The van der Waals surface area contributed by atoms with Crippen molar-refractivity contribution >= 4 is 17.5 Å². The number of hydrogen-bond donors (Lipinski definition) is 2. The molecular weight excluding hydrogens is 304 g/mol. The van der Waals surface area contributed by atoms with Crippen molar-refractivity contribution in [2.45, 2.75) is 52.2 Å². The number of nitrogens with two attached hydrogens (primary N) is 1. The van der Waals surface area contributed by atoms with Crippen molar-refractivity contribution in [3.63, 3.8) is 0 Å². The maximum atomic E-state index is 12.1. The minimum Gasteiger partial charge on any atom is -0.444 e. The number of aryl methyl sites for hydroxylation is 1. The third-order valence-corrected chi connectivity index (χ3v) is 4.02. The van der Waals surface area contributed by atoms with Crippen LogP contribution in [0, 0.1) is 18.3 Å². The number of hydrogen-bond acceptors (Lipinski definition) is 5. The second-order valence-corrected chi connectivity index (χ2v) is 7.25. The molecule has 1 fully saturated rings. The molecule has 1 aliphatic rings. The van der Waals surface area contributed by atoms with Crippen molar-refractivity contribution < 1.29 is 9.53 Å². The molecule has 0 saturated carbocycles. The van der Waals surface area contributed by atoms with Crippen molar-refractivity contribution in [1.82, 2.24) is 4.90 Å². The lowest BCUT2D eigenvalue weighted by Gasteiger charge is -2.34. The zero-order chi connectivity index (χ0) is 17.9. The Morgan fingerprint density at radius 3 is 2.54 bits per heavy atom. The summed E-state index contributed by atoms with van der Waals surface area (Å²) in [6.07, 6.45) is 1.41. The average Bonchev–Trinajstić information content (AvgIpc) is 2.49. The Hall–Kier alpha value is -2.42. The van der Waals surface area contributed by atoms with E-state index in [-0.39, 0.29) is 12.1 Å². The quantitative estimate of drug-likeness (QED) is 0.812. The number of ether oxygens (including phenoxy) is 1. The summed E-state index contributed by atoms with van der Waals surface area (Å²) in [5.74, 6) is 0. The van der Waals surface area contributed by atoms with E-state index < -0.39 is 5.60 Å². The van der Waals surface area contributed by atoms with Gasteiger partial charge in [0.25, 0.3) is 0 Å². The van der Waals surface area contributed by atoms with Gasteiger partial charge in [-0.25, -0.2) is 4.79 Å². The van der Waals surface area contributed by atoms with Gasteiger partial charge < -0.3 is 20.7 Å². The highest BCUT2D eigenvalue weighted by Crippen LogP contribution is 2.26. The Kier molecular flexibility index (Phi) is 5.23. The fourth-order valence-corrected chi connectivity index (χ4v) is 2.72. The van der Waals surface area contributed by atoms with Crippen molar-refractivity contribution in [1.29, 1.82) is 5.26 Å². The number of nitriles is 1. The van der Waals surface area contributed by atoms with Gasteiger partial charge in [0.15, 0.2) is 0 Å². The van der Waals surface area contributed by atoms with Gasteiger partial charge in [-0.3, -0.25) is 0 Å². The number of benzene rings is 1. The maximum absolute atomic E-state index is 12.1. The predicted molar refractivity (Wildman–Crippen MR) is 94.8 cm³/mol. The Bertz CT molecular complexity index is 650. The lowest BCUT2D eigenvalue weighted by atomic mass is 10.0. The average molecular weight is 330 g/mol. The smallest absolute Gasteiger partial charge is 0.410 e. The van der Waals surface area contributed by atoms with Gasteiger partial charge in [0, 0.05) is 19.1 Å². The van der Waals surface area contributed by atoms with Crippen LogP contribution in [0.5, 0.6) is 0 Å². The summed E-state index contributed by atoms with van der Waals surface area (Å²) in [7, 11) is 0. The molecule has 1 aromatic carbocycles. The molecule has 6 nitrogen and oxygen atoms in total. The number of likely N-dealkylation sites (tertiary alicyclic amines) is 1. The van der Waals surface area contributed by atoms with Gasteiger partial charge in [0.1, 0.15) is 5.60 Å². The normalized spacial score (nSPS) is 15.7. The van der Waals surface area contributed by atoms with Gasteiger partial charge >= 0.3 is 6.09 Å². The lowest BCUT2D eigenvalue weighted by Crippen LogP contribution is -2.44. The molecule has 6 heteroatoms. The van der Waals surface area contributed by atoms with E-state index >= 15 is 0 Å². The number of piperidine rings is 1. The maximum Gasteiger partial charge on any atom is 0.410 e. The van der Waals surface area contributed by atoms with E-state index in [0.717, 1.165) is 24.1 Å². The standard InChI is InChI=1S/C18H26N4O2/c1-12-9-16(15(20)10-13(12)11-19)21-14-5-7-22(8-6-14)17(23)24-18(2,3)4/h9-10,14,21H,5-8,20H2,1-4H3. The van der Waals surface area contributed by atoms with Gasteiger partial charge in [-0.05, 0) is 58.2 Å². The second-order valence-electron chi connectivity index (χ2n) is 7.25. The molecule has 1 aromatic rings. The number of rotatable bonds is 2. The van der Waals surface area contributed by atoms with Crippen LogP contribution in [0.2, 0.25) is 0 Å². The van der Waals surface area contributed by atoms with E-state index in [1.807, 2.05) is 33.8 Å². The molecule has 0 bridgehead atoms. The highest BCUT2D eigenvalue weighted by atomic mass is 16.6. The molecule has 0 aromatic heterocycles. The molecule has 0 spiro atoms. The highest BCUT2D eigenvalue weighted by molar-refractivity contribution is 5.71. The van der Waals surface area contributed by atoms with Gasteiger partial charge in [0.05, 0.1) is 23.0 Å². The van der Waals surface area contributed by atoms with Gasteiger partial charge in [-0.15, -0.1) is 0 Å². The monoisotopic (exact) mass is 330 g/mol. The zero-order valence-electron chi connectivity index (χ0n) is 14.8. The van der Waals surface area contributed by atoms with Crippen LogP contribution in [0.3, 0.4) is 0 Å². The molecule has 0 aliphatic carbocycles. The summed E-state index contributed by atoms with van der Waals surface area (Å²) in [6, 6.07) is 6.00. The zero-order valence-corrected chi connectivity index (χ0v) is 14.8. The van der Waals surface area contributed by atoms with Crippen molar-refractivity contribution in [2.24, 2.45) is 0 Å². The Morgan fingerprint density at radius 1 is 1.38 bits per heavy atom. The first-order valence-electron chi connectivity index (χ1n) is 8.24. The van der Waals surface area contributed by atoms with E-state index in [4.69, 9.17) is 15.7 Å². The molecule has 0 atom stereocenters. The van der Waals surface area contributed by atoms with Gasteiger partial charge in [-0.1, -0.05) is 0 Å². The van der Waals surface area contributed by atoms with E-state index in [2.05, 4.69) is 11.4 Å². The first-order chi connectivity index (χ1) is 11.2. The number of nitrogens with one attached hydrogen (secondary N) is 1. The number of amides is 1. The van der Waals surface area contributed by atoms with Crippen molar-refractivity contribution in [2.75, 3.05) is 24.1 Å². The van der Waals surface area contributed by atoms with Crippen molar-refractivity contribution in [3.05, 3.63) is 23.3 Å². The highest BCUT2D eigenvalue weighted by Gasteiger charge is 2.27. The summed E-state index contributed by atoms with van der Waals surface area (Å²) in [5, 5.41) is 12.5. The number of nitrogen functional groups attached to an aromatic ring is 1. The molecule has 1 heterocycles. The SMILES string of the molecule is Cc1cc(NC2CCN(C(=O)OC(C)(C)C)CC2)c(N)cc1C#N. The number of anilines is 2. The topological polar surface area (TPSA) is 91.4 Å². The molecule has 0 unspecified atom stereocenters. The molecule has 1 amide bonds. The number of carbonyl (C=O) groups excluding carboxylic acids is 1. The molecule has 130 valence electrons. The predicted octanol–water partition coefficient (Wildman–Crippen LogP) is 3.26. The summed E-state index contributed by atoms with van der Waals surface area (Å²) in [5.41, 5.74) is 8.48. The van der Waals surface area contributed by atoms with E-state index in [9.17, 15) is 4.79 Å². The van der Waals surface area contributed by atoms with E-state index in [0.29, 0.717) is 24.3 Å². The lowest BCUT2D eigenvalue weighted by molar-refractivity contribution is 0.0210. The van der Waals surface area contributed by atoms with E-state index in [1.165, 1.54) is 0 Å². The van der Waals surface area contributed by atoms with E-state index in [1.54, 1.807) is 11.0 Å². The number of carbonyl (C=O) groups is 1. The van der Waals surface area contributed by atoms with Gasteiger partial charge in [-0.2, -0.15) is 5.26 Å².